The van der Waals surface area contributed by atoms with Crippen molar-refractivity contribution in [2.45, 2.75) is 39.9 Å². The molecule has 0 fully saturated rings. The van der Waals surface area contributed by atoms with E-state index in [1.54, 1.807) is 27.7 Å². The predicted octanol–water partition coefficient (Wildman–Crippen LogP) is 7.15. The molecule has 0 radical (unpaired) electrons. The molecule has 0 atom stereocenters. The summed E-state index contributed by atoms with van der Waals surface area (Å²) in [4.78, 5) is 0. The van der Waals surface area contributed by atoms with Gasteiger partial charge >= 0.3 is 0 Å². The second-order valence-corrected chi connectivity index (χ2v) is 7.39. The lowest BCUT2D eigenvalue weighted by Crippen LogP contribution is -2.08. The van der Waals surface area contributed by atoms with Crippen LogP contribution in [0.5, 0.6) is 11.5 Å². The van der Waals surface area contributed by atoms with Crippen LogP contribution in [-0.2, 0) is 0 Å². The molecule has 0 saturated carbocycles. The number of hydrogen-bond acceptors (Lipinski definition) is 2. The molecule has 158 valence electrons. The van der Waals surface area contributed by atoms with Crippen LogP contribution < -0.4 is 9.47 Å². The fraction of sp³-hybridized carbons (Fsp3) is 0.250. The van der Waals surface area contributed by atoms with Crippen molar-refractivity contribution < 1.29 is 27.0 Å². The normalized spacial score (nSPS) is 11.3. The molecule has 0 aliphatic rings. The Morgan fingerprint density at radius 3 is 1.13 bits per heavy atom. The SMILES string of the molecule is CC(C)Oc1ccc(-c2ccc(-c3ccc(OC(C)C)c(F)c3F)cc2)c(F)c1F. The average Bonchev–Trinajstić information content (AvgIpc) is 2.69. The Balaban J connectivity index is 1.93. The minimum atomic E-state index is -1.07. The van der Waals surface area contributed by atoms with Gasteiger partial charge in [0.25, 0.3) is 0 Å². The van der Waals surface area contributed by atoms with Crippen molar-refractivity contribution in [3.8, 4) is 33.8 Å². The van der Waals surface area contributed by atoms with E-state index >= 15 is 0 Å². The summed E-state index contributed by atoms with van der Waals surface area (Å²) in [5.74, 6) is -4.53. The van der Waals surface area contributed by atoms with Crippen molar-refractivity contribution in [2.24, 2.45) is 0 Å². The van der Waals surface area contributed by atoms with E-state index < -0.39 is 23.3 Å². The van der Waals surface area contributed by atoms with Gasteiger partial charge in [-0.3, -0.25) is 0 Å². The zero-order valence-corrected chi connectivity index (χ0v) is 17.1. The first-order chi connectivity index (χ1) is 14.2. The van der Waals surface area contributed by atoms with Gasteiger partial charge in [0.15, 0.2) is 23.1 Å². The Morgan fingerprint density at radius 1 is 0.500 bits per heavy atom. The smallest absolute Gasteiger partial charge is 0.201 e. The Bertz CT molecular complexity index is 960. The van der Waals surface area contributed by atoms with E-state index in [1.807, 2.05) is 0 Å². The molecule has 0 aliphatic heterocycles. The number of ether oxygens (including phenoxy) is 2. The van der Waals surface area contributed by atoms with Crippen LogP contribution in [0.25, 0.3) is 22.3 Å². The number of halogens is 4. The molecule has 0 aromatic heterocycles. The highest BCUT2D eigenvalue weighted by atomic mass is 19.2. The molecule has 0 amide bonds. The molecular weight excluding hydrogens is 396 g/mol. The summed E-state index contributed by atoms with van der Waals surface area (Å²) in [5.41, 5.74) is 0.878. The zero-order chi connectivity index (χ0) is 22.0. The van der Waals surface area contributed by atoms with Crippen LogP contribution >= 0.6 is 0 Å². The van der Waals surface area contributed by atoms with Crippen molar-refractivity contribution in [3.05, 3.63) is 71.8 Å². The molecule has 2 nitrogen and oxygen atoms in total. The predicted molar refractivity (Wildman–Crippen MR) is 109 cm³/mol. The molecule has 0 heterocycles. The van der Waals surface area contributed by atoms with Crippen molar-refractivity contribution in [1.29, 1.82) is 0 Å². The molecule has 0 unspecified atom stereocenters. The average molecular weight is 418 g/mol. The molecule has 0 N–H and O–H groups in total. The fourth-order valence-electron chi connectivity index (χ4n) is 3.03. The maximum atomic E-state index is 14.5. The Hall–Kier alpha value is -3.02. The molecule has 30 heavy (non-hydrogen) atoms. The summed E-state index contributed by atoms with van der Waals surface area (Å²) in [6, 6.07) is 11.7. The van der Waals surface area contributed by atoms with Crippen molar-refractivity contribution in [2.75, 3.05) is 0 Å². The lowest BCUT2D eigenvalue weighted by molar-refractivity contribution is 0.228. The van der Waals surface area contributed by atoms with Crippen LogP contribution in [-0.4, -0.2) is 12.2 Å². The maximum Gasteiger partial charge on any atom is 0.201 e. The van der Waals surface area contributed by atoms with Gasteiger partial charge in [-0.15, -0.1) is 0 Å². The Labute approximate surface area is 173 Å². The van der Waals surface area contributed by atoms with E-state index in [0.29, 0.717) is 11.1 Å². The van der Waals surface area contributed by atoms with Crippen molar-refractivity contribution >= 4 is 0 Å². The summed E-state index contributed by atoms with van der Waals surface area (Å²) >= 11 is 0. The van der Waals surface area contributed by atoms with Crippen LogP contribution in [0.4, 0.5) is 17.6 Å². The number of hydrogen-bond donors (Lipinski definition) is 0. The largest absolute Gasteiger partial charge is 0.488 e. The third kappa shape index (κ3) is 4.42. The van der Waals surface area contributed by atoms with Gasteiger partial charge in [0.2, 0.25) is 11.6 Å². The van der Waals surface area contributed by atoms with Gasteiger partial charge in [-0.25, -0.2) is 8.78 Å². The molecule has 3 aromatic carbocycles. The lowest BCUT2D eigenvalue weighted by atomic mass is 9.99. The Kier molecular flexibility index (Phi) is 6.34. The summed E-state index contributed by atoms with van der Waals surface area (Å²) in [6.45, 7) is 6.86. The maximum absolute atomic E-state index is 14.5. The topological polar surface area (TPSA) is 18.5 Å². The first-order valence-electron chi connectivity index (χ1n) is 9.59. The van der Waals surface area contributed by atoms with Gasteiger partial charge in [-0.2, -0.15) is 8.78 Å². The van der Waals surface area contributed by atoms with Gasteiger partial charge in [0.1, 0.15) is 0 Å². The number of rotatable bonds is 6. The second kappa shape index (κ2) is 8.78. The Morgan fingerprint density at radius 2 is 0.833 bits per heavy atom. The highest BCUT2D eigenvalue weighted by Crippen LogP contribution is 2.34. The quantitative estimate of drug-likeness (QED) is 0.396. The summed E-state index contributed by atoms with van der Waals surface area (Å²) < 4.78 is 68.1. The summed E-state index contributed by atoms with van der Waals surface area (Å²) in [5, 5.41) is 0. The van der Waals surface area contributed by atoms with Crippen LogP contribution in [0.1, 0.15) is 27.7 Å². The minimum Gasteiger partial charge on any atom is -0.488 e. The van der Waals surface area contributed by atoms with Crippen molar-refractivity contribution in [3.63, 3.8) is 0 Å². The third-order valence-corrected chi connectivity index (χ3v) is 4.33. The fourth-order valence-corrected chi connectivity index (χ4v) is 3.03. The molecule has 0 aliphatic carbocycles. The van der Waals surface area contributed by atoms with Gasteiger partial charge in [-0.1, -0.05) is 24.3 Å². The lowest BCUT2D eigenvalue weighted by Gasteiger charge is -2.14. The van der Waals surface area contributed by atoms with Crippen LogP contribution in [0.15, 0.2) is 48.5 Å². The van der Waals surface area contributed by atoms with E-state index in [9.17, 15) is 17.6 Å². The first-order valence-corrected chi connectivity index (χ1v) is 9.59. The van der Waals surface area contributed by atoms with E-state index in [0.717, 1.165) is 0 Å². The second-order valence-electron chi connectivity index (χ2n) is 7.39. The third-order valence-electron chi connectivity index (χ3n) is 4.33. The van der Waals surface area contributed by atoms with Gasteiger partial charge in [-0.05, 0) is 63.1 Å². The summed E-state index contributed by atoms with van der Waals surface area (Å²) in [7, 11) is 0. The van der Waals surface area contributed by atoms with E-state index in [-0.39, 0.29) is 34.8 Å². The van der Waals surface area contributed by atoms with Gasteiger partial charge in [0.05, 0.1) is 12.2 Å². The van der Waals surface area contributed by atoms with E-state index in [1.165, 1.54) is 48.5 Å². The van der Waals surface area contributed by atoms with Crippen molar-refractivity contribution in [1.82, 2.24) is 0 Å². The zero-order valence-electron chi connectivity index (χ0n) is 17.1. The standard InChI is InChI=1S/C24H22F4O2/c1-13(2)29-19-11-9-17(21(25)23(19)27)15-5-7-16(8-6-15)18-10-12-20(30-14(3)4)24(28)22(18)26/h5-14H,1-4H3. The summed E-state index contributed by atoms with van der Waals surface area (Å²) in [6.07, 6.45) is -0.590. The van der Waals surface area contributed by atoms with Crippen LogP contribution in [0.2, 0.25) is 0 Å². The highest BCUT2D eigenvalue weighted by molar-refractivity contribution is 5.72. The highest BCUT2D eigenvalue weighted by Gasteiger charge is 2.19. The monoisotopic (exact) mass is 418 g/mol. The molecular formula is C24H22F4O2. The molecule has 0 spiro atoms. The van der Waals surface area contributed by atoms with E-state index in [4.69, 9.17) is 9.47 Å². The van der Waals surface area contributed by atoms with Crippen LogP contribution in [0, 0.1) is 23.3 Å². The van der Waals surface area contributed by atoms with E-state index in [2.05, 4.69) is 0 Å². The molecule has 0 saturated heterocycles. The first kappa shape index (κ1) is 21.7. The van der Waals surface area contributed by atoms with Crippen LogP contribution in [0.3, 0.4) is 0 Å². The molecule has 6 heteroatoms. The van der Waals surface area contributed by atoms with Gasteiger partial charge in [0, 0.05) is 11.1 Å². The molecule has 3 rings (SSSR count). The molecule has 3 aromatic rings. The number of benzene rings is 3. The minimum absolute atomic E-state index is 0.0440. The molecule has 0 bridgehead atoms. The van der Waals surface area contributed by atoms with Gasteiger partial charge < -0.3 is 9.47 Å².